The fraction of sp³-hybridized carbons (Fsp3) is 0.800. The zero-order valence-electron chi connectivity index (χ0n) is 18.3. The highest BCUT2D eigenvalue weighted by molar-refractivity contribution is 5.76. The fourth-order valence-corrected chi connectivity index (χ4v) is 3.68. The number of amides is 1. The van der Waals surface area contributed by atoms with Gasteiger partial charge < -0.3 is 4.90 Å². The van der Waals surface area contributed by atoms with Crippen LogP contribution in [-0.4, -0.2) is 23.9 Å². The number of allylic oxidation sites excluding steroid dienone is 4. The molecule has 0 N–H and O–H groups in total. The quantitative estimate of drug-likeness (QED) is 0.203. The van der Waals surface area contributed by atoms with Crippen LogP contribution in [0.15, 0.2) is 24.3 Å². The van der Waals surface area contributed by atoms with E-state index in [0.29, 0.717) is 5.91 Å². The van der Waals surface area contributed by atoms with Crippen LogP contribution >= 0.6 is 0 Å². The second-order valence-corrected chi connectivity index (χ2v) is 8.59. The summed E-state index contributed by atoms with van der Waals surface area (Å²) in [5.41, 5.74) is 0. The molecule has 0 atom stereocenters. The number of carbonyl (C=O) groups is 1. The normalized spacial score (nSPS) is 15.0. The average Bonchev–Trinajstić information content (AvgIpc) is 3.18. The summed E-state index contributed by atoms with van der Waals surface area (Å²) in [6.07, 6.45) is 27.7. The van der Waals surface area contributed by atoms with Gasteiger partial charge in [0.1, 0.15) is 0 Å². The summed E-state index contributed by atoms with van der Waals surface area (Å²) in [7, 11) is 0. The van der Waals surface area contributed by atoms with Crippen molar-refractivity contribution >= 4 is 5.91 Å². The first-order chi connectivity index (χ1) is 13.2. The minimum atomic E-state index is 0.361. The van der Waals surface area contributed by atoms with Crippen LogP contribution in [0.5, 0.6) is 0 Å². The molecule has 0 aromatic heterocycles. The summed E-state index contributed by atoms with van der Waals surface area (Å²) in [4.78, 5) is 13.9. The lowest BCUT2D eigenvalue weighted by Gasteiger charge is -2.14. The van der Waals surface area contributed by atoms with Crippen molar-refractivity contribution in [2.75, 3.05) is 13.1 Å². The molecule has 0 radical (unpaired) electrons. The number of nitrogens with zero attached hydrogens (tertiary/aromatic N) is 1. The largest absolute Gasteiger partial charge is 0.343 e. The first kappa shape index (κ1) is 24.0. The third-order valence-electron chi connectivity index (χ3n) is 5.46. The zero-order chi connectivity index (χ0) is 19.6. The lowest BCUT2D eigenvalue weighted by molar-refractivity contribution is -0.130. The fourth-order valence-electron chi connectivity index (χ4n) is 3.68. The monoisotopic (exact) mass is 375 g/mol. The van der Waals surface area contributed by atoms with Crippen molar-refractivity contribution in [1.82, 2.24) is 4.90 Å². The van der Waals surface area contributed by atoms with Gasteiger partial charge in [0.05, 0.1) is 0 Å². The van der Waals surface area contributed by atoms with E-state index in [1.165, 1.54) is 64.2 Å². The molecule has 1 heterocycles. The number of likely N-dealkylation sites (tertiary alicyclic amines) is 1. The van der Waals surface area contributed by atoms with E-state index in [0.717, 1.165) is 51.1 Å². The minimum Gasteiger partial charge on any atom is -0.343 e. The summed E-state index contributed by atoms with van der Waals surface area (Å²) in [5, 5.41) is 0. The standard InChI is InChI=1S/C25H45NO/c1-24(2)20-16-14-12-10-8-6-4-3-5-7-9-11-13-15-17-21-25(27)26-22-18-19-23-26/h3,5,11,13,24H,4,6-10,12,14-23H2,1-2H3. The molecule has 0 aromatic carbocycles. The van der Waals surface area contributed by atoms with Gasteiger partial charge in [-0.25, -0.2) is 0 Å². The third-order valence-corrected chi connectivity index (χ3v) is 5.46. The first-order valence-electron chi connectivity index (χ1n) is 11.8. The number of hydrogen-bond acceptors (Lipinski definition) is 1. The van der Waals surface area contributed by atoms with Gasteiger partial charge in [0.25, 0.3) is 0 Å². The third kappa shape index (κ3) is 14.7. The molecule has 0 unspecified atom stereocenters. The average molecular weight is 376 g/mol. The Morgan fingerprint density at radius 3 is 1.89 bits per heavy atom. The number of hydrogen-bond donors (Lipinski definition) is 0. The summed E-state index contributed by atoms with van der Waals surface area (Å²) >= 11 is 0. The minimum absolute atomic E-state index is 0.361. The van der Waals surface area contributed by atoms with E-state index in [1.54, 1.807) is 0 Å². The molecular formula is C25H45NO. The van der Waals surface area contributed by atoms with Crippen LogP contribution in [0.2, 0.25) is 0 Å². The lowest BCUT2D eigenvalue weighted by atomic mass is 10.0. The van der Waals surface area contributed by atoms with Crippen LogP contribution in [0.4, 0.5) is 0 Å². The topological polar surface area (TPSA) is 20.3 Å². The molecule has 1 saturated heterocycles. The van der Waals surface area contributed by atoms with Gasteiger partial charge in [-0.2, -0.15) is 0 Å². The van der Waals surface area contributed by atoms with Gasteiger partial charge in [-0.05, 0) is 57.3 Å². The van der Waals surface area contributed by atoms with Crippen LogP contribution in [0, 0.1) is 5.92 Å². The Labute approximate surface area is 169 Å². The van der Waals surface area contributed by atoms with Crippen molar-refractivity contribution in [2.24, 2.45) is 5.92 Å². The van der Waals surface area contributed by atoms with Crippen LogP contribution in [-0.2, 0) is 4.79 Å². The molecule has 156 valence electrons. The molecule has 0 spiro atoms. The molecule has 0 aliphatic carbocycles. The summed E-state index contributed by atoms with van der Waals surface area (Å²) in [5.74, 6) is 1.23. The van der Waals surface area contributed by atoms with Crippen molar-refractivity contribution in [3.63, 3.8) is 0 Å². The molecule has 0 bridgehead atoms. The maximum Gasteiger partial charge on any atom is 0.222 e. The highest BCUT2D eigenvalue weighted by Crippen LogP contribution is 2.13. The Morgan fingerprint density at radius 2 is 1.26 bits per heavy atom. The number of unbranched alkanes of at least 4 members (excludes halogenated alkanes) is 8. The molecule has 1 amide bonds. The molecule has 27 heavy (non-hydrogen) atoms. The zero-order valence-corrected chi connectivity index (χ0v) is 18.3. The van der Waals surface area contributed by atoms with Crippen molar-refractivity contribution in [3.05, 3.63) is 24.3 Å². The Morgan fingerprint density at radius 1 is 0.741 bits per heavy atom. The van der Waals surface area contributed by atoms with Crippen molar-refractivity contribution in [1.29, 1.82) is 0 Å². The molecular weight excluding hydrogens is 330 g/mol. The molecule has 2 heteroatoms. The number of carbonyl (C=O) groups excluding carboxylic acids is 1. The molecule has 2 nitrogen and oxygen atoms in total. The molecule has 0 aromatic rings. The smallest absolute Gasteiger partial charge is 0.222 e. The SMILES string of the molecule is CC(C)CCCCCCCCC=CCCC=CCCCC(=O)N1CCCC1. The van der Waals surface area contributed by atoms with E-state index in [2.05, 4.69) is 38.2 Å². The van der Waals surface area contributed by atoms with Gasteiger partial charge in [0.15, 0.2) is 0 Å². The second-order valence-electron chi connectivity index (χ2n) is 8.59. The Hall–Kier alpha value is -1.05. The van der Waals surface area contributed by atoms with Crippen molar-refractivity contribution in [3.8, 4) is 0 Å². The van der Waals surface area contributed by atoms with Gasteiger partial charge in [-0.1, -0.05) is 76.7 Å². The van der Waals surface area contributed by atoms with E-state index >= 15 is 0 Å². The highest BCUT2D eigenvalue weighted by atomic mass is 16.2. The van der Waals surface area contributed by atoms with Gasteiger partial charge in [-0.15, -0.1) is 0 Å². The van der Waals surface area contributed by atoms with E-state index < -0.39 is 0 Å². The molecule has 1 aliphatic rings. The molecule has 1 fully saturated rings. The predicted molar refractivity (Wildman–Crippen MR) is 119 cm³/mol. The van der Waals surface area contributed by atoms with E-state index in [4.69, 9.17) is 0 Å². The van der Waals surface area contributed by atoms with Gasteiger partial charge in [0.2, 0.25) is 5.91 Å². The Balaban J connectivity index is 1.80. The van der Waals surface area contributed by atoms with E-state index in [-0.39, 0.29) is 0 Å². The molecule has 1 rings (SSSR count). The maximum absolute atomic E-state index is 11.9. The summed E-state index contributed by atoms with van der Waals surface area (Å²) < 4.78 is 0. The van der Waals surface area contributed by atoms with Crippen LogP contribution in [0.25, 0.3) is 0 Å². The summed E-state index contributed by atoms with van der Waals surface area (Å²) in [6, 6.07) is 0. The van der Waals surface area contributed by atoms with Crippen LogP contribution in [0.1, 0.15) is 110 Å². The first-order valence-corrected chi connectivity index (χ1v) is 11.8. The van der Waals surface area contributed by atoms with Gasteiger partial charge >= 0.3 is 0 Å². The second kappa shape index (κ2) is 17.1. The van der Waals surface area contributed by atoms with Crippen LogP contribution in [0.3, 0.4) is 0 Å². The van der Waals surface area contributed by atoms with Gasteiger partial charge in [0, 0.05) is 19.5 Å². The maximum atomic E-state index is 11.9. The Bertz CT molecular complexity index is 405. The van der Waals surface area contributed by atoms with Gasteiger partial charge in [-0.3, -0.25) is 4.79 Å². The Kier molecular flexibility index (Phi) is 15.2. The number of rotatable bonds is 16. The lowest BCUT2D eigenvalue weighted by Crippen LogP contribution is -2.27. The molecule has 0 saturated carbocycles. The van der Waals surface area contributed by atoms with E-state index in [1.807, 2.05) is 4.90 Å². The van der Waals surface area contributed by atoms with Crippen LogP contribution < -0.4 is 0 Å². The highest BCUT2D eigenvalue weighted by Gasteiger charge is 2.16. The van der Waals surface area contributed by atoms with Crippen molar-refractivity contribution < 1.29 is 4.79 Å². The predicted octanol–water partition coefficient (Wildman–Crippen LogP) is 7.45. The van der Waals surface area contributed by atoms with E-state index in [9.17, 15) is 4.79 Å². The van der Waals surface area contributed by atoms with Crippen molar-refractivity contribution in [2.45, 2.75) is 110 Å². The summed E-state index contributed by atoms with van der Waals surface area (Å²) in [6.45, 7) is 6.61. The molecule has 1 aliphatic heterocycles.